The maximum absolute atomic E-state index is 12.7. The topological polar surface area (TPSA) is 114 Å². The monoisotopic (exact) mass is 411 g/mol. The summed E-state index contributed by atoms with van der Waals surface area (Å²) in [6.07, 6.45) is 5.78. The van der Waals surface area contributed by atoms with Crippen LogP contribution in [0.15, 0.2) is 36.5 Å². The molecule has 30 heavy (non-hydrogen) atoms. The summed E-state index contributed by atoms with van der Waals surface area (Å²) in [6, 6.07) is 7.14. The van der Waals surface area contributed by atoms with Crippen LogP contribution in [-0.2, 0) is 14.4 Å². The fourth-order valence-electron chi connectivity index (χ4n) is 3.78. The molecular weight excluding hydrogens is 390 g/mol. The first-order chi connectivity index (χ1) is 14.5. The van der Waals surface area contributed by atoms with Crippen LogP contribution in [0.25, 0.3) is 0 Å². The minimum atomic E-state index is -1.05. The van der Waals surface area contributed by atoms with Gasteiger partial charge in [-0.1, -0.05) is 12.8 Å². The Morgan fingerprint density at radius 2 is 1.80 bits per heavy atom. The molecule has 1 aliphatic heterocycles. The Morgan fingerprint density at radius 1 is 1.10 bits per heavy atom. The number of nitrogens with zero attached hydrogens (tertiary/aromatic N) is 4. The van der Waals surface area contributed by atoms with Crippen molar-refractivity contribution in [2.24, 2.45) is 0 Å². The van der Waals surface area contributed by atoms with Gasteiger partial charge < -0.3 is 10.1 Å². The molecule has 5 amide bonds. The van der Waals surface area contributed by atoms with E-state index in [-0.39, 0.29) is 11.7 Å². The van der Waals surface area contributed by atoms with E-state index in [2.05, 4.69) is 10.4 Å². The number of hydrogen-bond donors (Lipinski definition) is 1. The number of anilines is 2. The molecule has 2 aliphatic rings. The molecule has 0 bridgehead atoms. The van der Waals surface area contributed by atoms with Gasteiger partial charge in [-0.05, 0) is 37.1 Å². The Morgan fingerprint density at radius 3 is 2.47 bits per heavy atom. The van der Waals surface area contributed by atoms with Crippen LogP contribution in [0.1, 0.15) is 31.7 Å². The largest absolute Gasteiger partial charge is 0.497 e. The molecule has 1 aromatic heterocycles. The van der Waals surface area contributed by atoms with E-state index in [0.29, 0.717) is 16.5 Å². The molecule has 0 unspecified atom stereocenters. The average Bonchev–Trinajstić information content (AvgIpc) is 3.47. The first kappa shape index (κ1) is 19.6. The molecular formula is C20H21N5O5. The average molecular weight is 411 g/mol. The van der Waals surface area contributed by atoms with Crippen LogP contribution in [-0.4, -0.2) is 52.1 Å². The summed E-state index contributed by atoms with van der Waals surface area (Å²) in [6.45, 7) is -0.564. The summed E-state index contributed by atoms with van der Waals surface area (Å²) in [5.74, 6) is -1.59. The first-order valence-corrected chi connectivity index (χ1v) is 9.67. The lowest BCUT2D eigenvalue weighted by Gasteiger charge is -2.17. The molecule has 1 aromatic carbocycles. The van der Waals surface area contributed by atoms with Crippen LogP contribution in [0, 0.1) is 0 Å². The molecule has 0 spiro atoms. The second-order valence-electron chi connectivity index (χ2n) is 7.16. The molecule has 10 heteroatoms. The van der Waals surface area contributed by atoms with Gasteiger partial charge in [0.1, 0.15) is 18.1 Å². The zero-order chi connectivity index (χ0) is 21.3. The minimum Gasteiger partial charge on any atom is -0.497 e. The van der Waals surface area contributed by atoms with Crippen molar-refractivity contribution < 1.29 is 23.9 Å². The van der Waals surface area contributed by atoms with Crippen molar-refractivity contribution in [3.05, 3.63) is 36.5 Å². The van der Waals surface area contributed by atoms with Crippen molar-refractivity contribution in [1.82, 2.24) is 14.7 Å². The fourth-order valence-corrected chi connectivity index (χ4v) is 3.78. The van der Waals surface area contributed by atoms with Crippen molar-refractivity contribution in [2.75, 3.05) is 23.9 Å². The molecule has 156 valence electrons. The standard InChI is InChI=1S/C20H21N5O5/c1-30-15-8-6-13(7-9-15)24-19(28)18(27)23(20(24)29)12-17(26)22-16-10-11-21-25(16)14-4-2-3-5-14/h6-11,14H,2-5,12H2,1H3,(H,22,26). The van der Waals surface area contributed by atoms with Crippen LogP contribution < -0.4 is 15.0 Å². The summed E-state index contributed by atoms with van der Waals surface area (Å²) in [4.78, 5) is 51.2. The number of ether oxygens (including phenoxy) is 1. The predicted molar refractivity (Wildman–Crippen MR) is 106 cm³/mol. The van der Waals surface area contributed by atoms with Gasteiger partial charge in [0.05, 0.1) is 25.0 Å². The molecule has 10 nitrogen and oxygen atoms in total. The third-order valence-corrected chi connectivity index (χ3v) is 5.29. The van der Waals surface area contributed by atoms with E-state index in [9.17, 15) is 19.2 Å². The number of urea groups is 1. The molecule has 2 fully saturated rings. The summed E-state index contributed by atoms with van der Waals surface area (Å²) in [7, 11) is 1.49. The zero-order valence-corrected chi connectivity index (χ0v) is 16.4. The number of methoxy groups -OCH3 is 1. The molecule has 1 aliphatic carbocycles. The van der Waals surface area contributed by atoms with E-state index < -0.39 is 30.3 Å². The number of carbonyl (C=O) groups excluding carboxylic acids is 4. The lowest BCUT2D eigenvalue weighted by Crippen LogP contribution is -2.39. The lowest BCUT2D eigenvalue weighted by molar-refractivity contribution is -0.140. The number of imide groups is 2. The van der Waals surface area contributed by atoms with Gasteiger partial charge >= 0.3 is 17.8 Å². The van der Waals surface area contributed by atoms with Crippen molar-refractivity contribution in [1.29, 1.82) is 0 Å². The number of aromatic nitrogens is 2. The van der Waals surface area contributed by atoms with Gasteiger partial charge in [-0.2, -0.15) is 5.10 Å². The third kappa shape index (κ3) is 3.51. The van der Waals surface area contributed by atoms with Gasteiger partial charge in [0.2, 0.25) is 5.91 Å². The molecule has 1 saturated heterocycles. The van der Waals surface area contributed by atoms with Crippen molar-refractivity contribution in [2.45, 2.75) is 31.7 Å². The first-order valence-electron chi connectivity index (χ1n) is 9.67. The summed E-state index contributed by atoms with van der Waals surface area (Å²) < 4.78 is 6.81. The van der Waals surface area contributed by atoms with Crippen molar-refractivity contribution >= 4 is 35.3 Å². The fraction of sp³-hybridized carbons (Fsp3) is 0.350. The van der Waals surface area contributed by atoms with E-state index >= 15 is 0 Å². The normalized spacial score (nSPS) is 17.2. The van der Waals surface area contributed by atoms with Crippen LogP contribution in [0.4, 0.5) is 16.3 Å². The van der Waals surface area contributed by atoms with Crippen LogP contribution >= 0.6 is 0 Å². The zero-order valence-electron chi connectivity index (χ0n) is 16.4. The highest BCUT2D eigenvalue weighted by Gasteiger charge is 2.46. The van der Waals surface area contributed by atoms with Crippen molar-refractivity contribution in [3.8, 4) is 5.75 Å². The second-order valence-corrected chi connectivity index (χ2v) is 7.16. The molecule has 2 heterocycles. The van der Waals surface area contributed by atoms with Gasteiger partial charge in [0.25, 0.3) is 0 Å². The smallest absolute Gasteiger partial charge is 0.339 e. The molecule has 4 rings (SSSR count). The van der Waals surface area contributed by atoms with Crippen molar-refractivity contribution in [3.63, 3.8) is 0 Å². The Kier molecular flexibility index (Phi) is 5.21. The summed E-state index contributed by atoms with van der Waals surface area (Å²) in [5.41, 5.74) is 0.223. The third-order valence-electron chi connectivity index (χ3n) is 5.29. The van der Waals surface area contributed by atoms with Gasteiger partial charge in [0, 0.05) is 6.07 Å². The summed E-state index contributed by atoms with van der Waals surface area (Å²) >= 11 is 0. The van der Waals surface area contributed by atoms with Gasteiger partial charge in [-0.25, -0.2) is 19.3 Å². The highest BCUT2D eigenvalue weighted by atomic mass is 16.5. The van der Waals surface area contributed by atoms with Gasteiger partial charge in [-0.15, -0.1) is 0 Å². The maximum atomic E-state index is 12.7. The number of amides is 5. The van der Waals surface area contributed by atoms with E-state index in [0.717, 1.165) is 30.6 Å². The molecule has 1 saturated carbocycles. The highest BCUT2D eigenvalue weighted by Crippen LogP contribution is 2.31. The number of carbonyl (C=O) groups is 4. The number of hydrogen-bond acceptors (Lipinski definition) is 6. The van der Waals surface area contributed by atoms with Crippen LogP contribution in [0.2, 0.25) is 0 Å². The Hall–Kier alpha value is -3.69. The van der Waals surface area contributed by atoms with E-state index in [4.69, 9.17) is 4.74 Å². The SMILES string of the molecule is COc1ccc(N2C(=O)C(=O)N(CC(=O)Nc3ccnn3C3CCCC3)C2=O)cc1. The molecule has 0 radical (unpaired) electrons. The molecule has 0 atom stereocenters. The second kappa shape index (κ2) is 7.97. The van der Waals surface area contributed by atoms with Crippen LogP contribution in [0.3, 0.4) is 0 Å². The lowest BCUT2D eigenvalue weighted by atomic mass is 10.2. The Bertz CT molecular complexity index is 993. The van der Waals surface area contributed by atoms with E-state index in [1.54, 1.807) is 29.1 Å². The van der Waals surface area contributed by atoms with Gasteiger partial charge in [-0.3, -0.25) is 14.4 Å². The van der Waals surface area contributed by atoms with E-state index in [1.165, 1.54) is 19.2 Å². The Labute approximate surface area is 172 Å². The number of nitrogens with one attached hydrogen (secondary N) is 1. The predicted octanol–water partition coefficient (Wildman–Crippen LogP) is 1.94. The maximum Gasteiger partial charge on any atom is 0.339 e. The quantitative estimate of drug-likeness (QED) is 0.574. The van der Waals surface area contributed by atoms with Gasteiger partial charge in [0.15, 0.2) is 0 Å². The number of rotatable bonds is 6. The molecule has 1 N–H and O–H groups in total. The van der Waals surface area contributed by atoms with Crippen LogP contribution in [0.5, 0.6) is 5.75 Å². The Balaban J connectivity index is 1.46. The van der Waals surface area contributed by atoms with E-state index in [1.807, 2.05) is 0 Å². The highest BCUT2D eigenvalue weighted by molar-refractivity contribution is 6.53. The minimum absolute atomic E-state index is 0.220. The molecule has 2 aromatic rings. The number of benzene rings is 1. The summed E-state index contributed by atoms with van der Waals surface area (Å²) in [5, 5.41) is 6.96.